The molecule has 0 spiro atoms. The summed E-state index contributed by atoms with van der Waals surface area (Å²) in [6, 6.07) is 0. The van der Waals surface area contributed by atoms with Gasteiger partial charge in [0.1, 0.15) is 18.8 Å². The third-order valence-electron chi connectivity index (χ3n) is 2.25. The Morgan fingerprint density at radius 1 is 0.864 bits per heavy atom. The third kappa shape index (κ3) is 12.5. The van der Waals surface area contributed by atoms with E-state index >= 15 is 0 Å². The summed E-state index contributed by atoms with van der Waals surface area (Å²) < 4.78 is 19.7. The highest BCUT2D eigenvalue weighted by Crippen LogP contribution is 1.98. The van der Waals surface area contributed by atoms with Crippen molar-refractivity contribution in [3.05, 3.63) is 0 Å². The summed E-state index contributed by atoms with van der Waals surface area (Å²) in [4.78, 5) is 21.6. The Morgan fingerprint density at radius 3 is 1.91 bits per heavy atom. The third-order valence-corrected chi connectivity index (χ3v) is 2.25. The van der Waals surface area contributed by atoms with Crippen LogP contribution in [0.5, 0.6) is 0 Å². The van der Waals surface area contributed by atoms with Gasteiger partial charge in [-0.3, -0.25) is 9.59 Å². The van der Waals surface area contributed by atoms with Gasteiger partial charge in [-0.15, -0.1) is 0 Å². The first kappa shape index (κ1) is 20.7. The molecule has 0 rings (SSSR count). The SMILES string of the molecule is CC(=O)OCC(COCC(O)COCC(O)CO)OC(C)=O. The first-order valence-corrected chi connectivity index (χ1v) is 6.78. The van der Waals surface area contributed by atoms with E-state index in [0.29, 0.717) is 0 Å². The molecule has 0 saturated heterocycles. The van der Waals surface area contributed by atoms with Crippen LogP contribution in [-0.2, 0) is 28.5 Å². The van der Waals surface area contributed by atoms with Gasteiger partial charge in [0.2, 0.25) is 0 Å². The maximum absolute atomic E-state index is 10.9. The van der Waals surface area contributed by atoms with Crippen molar-refractivity contribution in [2.45, 2.75) is 32.2 Å². The van der Waals surface area contributed by atoms with Crippen LogP contribution in [0.2, 0.25) is 0 Å². The first-order valence-electron chi connectivity index (χ1n) is 6.78. The van der Waals surface area contributed by atoms with Crippen molar-refractivity contribution in [1.29, 1.82) is 0 Å². The van der Waals surface area contributed by atoms with E-state index in [-0.39, 0.29) is 33.0 Å². The van der Waals surface area contributed by atoms with Crippen molar-refractivity contribution in [1.82, 2.24) is 0 Å². The van der Waals surface area contributed by atoms with E-state index in [1.54, 1.807) is 0 Å². The van der Waals surface area contributed by atoms with Crippen LogP contribution in [0.25, 0.3) is 0 Å². The highest BCUT2D eigenvalue weighted by atomic mass is 16.6. The molecule has 0 aliphatic carbocycles. The van der Waals surface area contributed by atoms with E-state index in [4.69, 9.17) is 29.2 Å². The summed E-state index contributed by atoms with van der Waals surface area (Å²) in [6.45, 7) is 1.56. The van der Waals surface area contributed by atoms with E-state index < -0.39 is 36.9 Å². The largest absolute Gasteiger partial charge is 0.462 e. The minimum Gasteiger partial charge on any atom is -0.462 e. The van der Waals surface area contributed by atoms with Crippen LogP contribution >= 0.6 is 0 Å². The molecule has 0 bridgehead atoms. The van der Waals surface area contributed by atoms with Crippen LogP contribution in [-0.4, -0.2) is 85.2 Å². The molecular formula is C13H24O9. The number of esters is 2. The number of ether oxygens (including phenoxy) is 4. The summed E-state index contributed by atoms with van der Waals surface area (Å²) in [5, 5.41) is 27.2. The van der Waals surface area contributed by atoms with Crippen molar-refractivity contribution in [2.75, 3.05) is 39.6 Å². The number of hydrogen-bond acceptors (Lipinski definition) is 9. The minimum atomic E-state index is -0.995. The quantitative estimate of drug-likeness (QED) is 0.357. The molecule has 22 heavy (non-hydrogen) atoms. The number of hydrogen-bond donors (Lipinski definition) is 3. The van der Waals surface area contributed by atoms with Crippen molar-refractivity contribution in [3.63, 3.8) is 0 Å². The van der Waals surface area contributed by atoms with E-state index in [1.165, 1.54) is 13.8 Å². The molecule has 0 saturated carbocycles. The van der Waals surface area contributed by atoms with Crippen LogP contribution in [0.1, 0.15) is 13.8 Å². The number of aliphatic hydroxyl groups excluding tert-OH is 3. The average molecular weight is 324 g/mol. The highest BCUT2D eigenvalue weighted by molar-refractivity contribution is 5.67. The summed E-state index contributed by atoms with van der Waals surface area (Å²) in [5.41, 5.74) is 0. The molecular weight excluding hydrogens is 300 g/mol. The van der Waals surface area contributed by atoms with Crippen LogP contribution < -0.4 is 0 Å². The standard InChI is InChI=1S/C13H24O9/c1-9(15)21-8-13(22-10(2)16)7-20-6-12(18)5-19-4-11(17)3-14/h11-14,17-18H,3-8H2,1-2H3. The predicted octanol–water partition coefficient (Wildman–Crippen LogP) is -1.77. The lowest BCUT2D eigenvalue weighted by atomic mass is 10.3. The Labute approximate surface area is 128 Å². The van der Waals surface area contributed by atoms with Gasteiger partial charge in [0.25, 0.3) is 0 Å². The summed E-state index contributed by atoms with van der Waals surface area (Å²) in [5.74, 6) is -1.05. The molecule has 0 heterocycles. The van der Waals surface area contributed by atoms with Gasteiger partial charge in [0.05, 0.1) is 33.0 Å². The summed E-state index contributed by atoms with van der Waals surface area (Å²) in [6.07, 6.45) is -2.70. The maximum atomic E-state index is 10.9. The first-order chi connectivity index (χ1) is 10.3. The van der Waals surface area contributed by atoms with Gasteiger partial charge in [-0.1, -0.05) is 0 Å². The Morgan fingerprint density at radius 2 is 1.41 bits per heavy atom. The predicted molar refractivity (Wildman–Crippen MR) is 72.9 cm³/mol. The second-order valence-corrected chi connectivity index (χ2v) is 4.60. The van der Waals surface area contributed by atoms with Gasteiger partial charge in [0.15, 0.2) is 6.10 Å². The zero-order valence-electron chi connectivity index (χ0n) is 12.8. The number of carbonyl (C=O) groups excluding carboxylic acids is 2. The van der Waals surface area contributed by atoms with Gasteiger partial charge in [0, 0.05) is 13.8 Å². The molecule has 0 amide bonds. The normalized spacial score (nSPS) is 15.0. The van der Waals surface area contributed by atoms with Crippen LogP contribution in [0.4, 0.5) is 0 Å². The topological polar surface area (TPSA) is 132 Å². The van der Waals surface area contributed by atoms with Gasteiger partial charge >= 0.3 is 11.9 Å². The molecule has 3 N–H and O–H groups in total. The van der Waals surface area contributed by atoms with Crippen molar-refractivity contribution >= 4 is 11.9 Å². The zero-order chi connectivity index (χ0) is 17.0. The van der Waals surface area contributed by atoms with Crippen LogP contribution in [0.3, 0.4) is 0 Å². The minimum absolute atomic E-state index is 0.0524. The zero-order valence-corrected chi connectivity index (χ0v) is 12.8. The summed E-state index contributed by atoms with van der Waals surface area (Å²) in [7, 11) is 0. The Bertz CT molecular complexity index is 321. The molecule has 0 aromatic heterocycles. The molecule has 0 aromatic carbocycles. The molecule has 0 fully saturated rings. The molecule has 0 aliphatic heterocycles. The van der Waals surface area contributed by atoms with Crippen LogP contribution in [0.15, 0.2) is 0 Å². The van der Waals surface area contributed by atoms with Gasteiger partial charge in [-0.2, -0.15) is 0 Å². The second-order valence-electron chi connectivity index (χ2n) is 4.60. The molecule has 0 radical (unpaired) electrons. The van der Waals surface area contributed by atoms with Crippen LogP contribution in [0, 0.1) is 0 Å². The number of aliphatic hydroxyl groups is 3. The van der Waals surface area contributed by atoms with E-state index in [9.17, 15) is 14.7 Å². The molecule has 130 valence electrons. The lowest BCUT2D eigenvalue weighted by Crippen LogP contribution is -2.31. The average Bonchev–Trinajstić information content (AvgIpc) is 2.43. The molecule has 0 aromatic rings. The Balaban J connectivity index is 3.89. The Kier molecular flexibility index (Phi) is 11.6. The number of rotatable bonds is 12. The molecule has 3 unspecified atom stereocenters. The fourth-order valence-electron chi connectivity index (χ4n) is 1.34. The second kappa shape index (κ2) is 12.3. The maximum Gasteiger partial charge on any atom is 0.303 e. The molecule has 3 atom stereocenters. The lowest BCUT2D eigenvalue weighted by molar-refractivity contribution is -0.160. The number of carbonyl (C=O) groups is 2. The Hall–Kier alpha value is -1.26. The van der Waals surface area contributed by atoms with Gasteiger partial charge in [-0.05, 0) is 0 Å². The van der Waals surface area contributed by atoms with Crippen molar-refractivity contribution in [2.24, 2.45) is 0 Å². The molecule has 0 aliphatic rings. The van der Waals surface area contributed by atoms with Crippen molar-refractivity contribution in [3.8, 4) is 0 Å². The molecule has 9 nitrogen and oxygen atoms in total. The fourth-order valence-corrected chi connectivity index (χ4v) is 1.34. The molecule has 9 heteroatoms. The lowest BCUT2D eigenvalue weighted by Gasteiger charge is -2.18. The fraction of sp³-hybridized carbons (Fsp3) is 0.846. The highest BCUT2D eigenvalue weighted by Gasteiger charge is 2.15. The van der Waals surface area contributed by atoms with Gasteiger partial charge in [-0.25, -0.2) is 0 Å². The summed E-state index contributed by atoms with van der Waals surface area (Å²) >= 11 is 0. The van der Waals surface area contributed by atoms with E-state index in [1.807, 2.05) is 0 Å². The van der Waals surface area contributed by atoms with E-state index in [2.05, 4.69) is 0 Å². The van der Waals surface area contributed by atoms with Gasteiger partial charge < -0.3 is 34.3 Å². The van der Waals surface area contributed by atoms with Crippen molar-refractivity contribution < 1.29 is 43.9 Å². The van der Waals surface area contributed by atoms with E-state index in [0.717, 1.165) is 0 Å². The smallest absolute Gasteiger partial charge is 0.303 e. The monoisotopic (exact) mass is 324 g/mol.